The van der Waals surface area contributed by atoms with Crippen molar-refractivity contribution in [2.24, 2.45) is 0 Å². The molecule has 5 rings (SSSR count). The lowest BCUT2D eigenvalue weighted by atomic mass is 9.98. The number of H-pyrrole nitrogens is 1. The van der Waals surface area contributed by atoms with Gasteiger partial charge in [0, 0.05) is 5.56 Å². The molecular weight excluding hydrogens is 460 g/mol. The Kier molecular flexibility index (Phi) is 6.12. The van der Waals surface area contributed by atoms with Gasteiger partial charge in [-0.15, -0.1) is 0 Å². The molecule has 3 aromatic carbocycles. The fourth-order valence-electron chi connectivity index (χ4n) is 4.18. The number of nitrogens with one attached hydrogen (secondary N) is 1. The fraction of sp³-hybridized carbons (Fsp3) is 0.185. The van der Waals surface area contributed by atoms with Crippen LogP contribution in [0.5, 0.6) is 6.01 Å². The quantitative estimate of drug-likeness (QED) is 0.326. The Balaban J connectivity index is 1.82. The van der Waals surface area contributed by atoms with Crippen LogP contribution < -0.4 is 10.5 Å². The molecule has 0 atom stereocenters. The maximum absolute atomic E-state index is 12.7. The number of aryl methyl sites for hydroxylation is 1. The number of carbonyl (C=O) groups excluding carboxylic acids is 1. The molecule has 0 aliphatic heterocycles. The number of aromatic nitrogens is 4. The minimum Gasteiger partial charge on any atom is -0.465 e. The van der Waals surface area contributed by atoms with Gasteiger partial charge in [-0.3, -0.25) is 14.1 Å². The van der Waals surface area contributed by atoms with Gasteiger partial charge in [-0.25, -0.2) is 9.59 Å². The first kappa shape index (κ1) is 23.1. The van der Waals surface area contributed by atoms with E-state index in [1.165, 1.54) is 7.11 Å². The summed E-state index contributed by atoms with van der Waals surface area (Å²) in [4.78, 5) is 31.9. The standard InChI is InChI=1S/C27H24N4O5/c1-4-14-35-26-28-22-16(2)10-12-20(25(32)34-3)23(22)31(26)18-11-13-19(17-8-6-5-7-9-17)21(15-18)24-29-27(33)36-30-24/h5-13,15H,4,14H2,1-3H3,(H,29,30,33). The van der Waals surface area contributed by atoms with Crippen molar-refractivity contribution < 1.29 is 18.8 Å². The smallest absolute Gasteiger partial charge is 0.439 e. The zero-order valence-corrected chi connectivity index (χ0v) is 20.1. The molecule has 0 fully saturated rings. The summed E-state index contributed by atoms with van der Waals surface area (Å²) in [5.74, 6) is -0.853. The summed E-state index contributed by atoms with van der Waals surface area (Å²) in [6, 6.07) is 19.3. The Morgan fingerprint density at radius 1 is 1.08 bits per heavy atom. The largest absolute Gasteiger partial charge is 0.465 e. The average Bonchev–Trinajstić information content (AvgIpc) is 3.52. The number of ether oxygens (including phenoxy) is 2. The van der Waals surface area contributed by atoms with Crippen molar-refractivity contribution in [2.45, 2.75) is 20.3 Å². The van der Waals surface area contributed by atoms with E-state index in [1.54, 1.807) is 10.6 Å². The Hall–Kier alpha value is -4.66. The third-order valence-corrected chi connectivity index (χ3v) is 5.86. The van der Waals surface area contributed by atoms with Crippen molar-refractivity contribution in [3.05, 3.63) is 82.3 Å². The molecule has 0 bridgehead atoms. The molecule has 0 aliphatic carbocycles. The summed E-state index contributed by atoms with van der Waals surface area (Å²) in [6.07, 6.45) is 0.782. The molecule has 9 heteroatoms. The first-order valence-electron chi connectivity index (χ1n) is 11.5. The van der Waals surface area contributed by atoms with E-state index in [0.717, 1.165) is 23.1 Å². The molecule has 36 heavy (non-hydrogen) atoms. The molecule has 182 valence electrons. The van der Waals surface area contributed by atoms with Crippen LogP contribution in [0, 0.1) is 6.92 Å². The normalized spacial score (nSPS) is 11.1. The number of aromatic amines is 1. The van der Waals surface area contributed by atoms with Crippen LogP contribution in [0.4, 0.5) is 0 Å². The van der Waals surface area contributed by atoms with Gasteiger partial charge in [-0.05, 0) is 48.2 Å². The van der Waals surface area contributed by atoms with E-state index in [1.807, 2.05) is 68.4 Å². The highest BCUT2D eigenvalue weighted by Gasteiger charge is 2.23. The highest BCUT2D eigenvalue weighted by atomic mass is 16.5. The minimum absolute atomic E-state index is 0.283. The van der Waals surface area contributed by atoms with Crippen LogP contribution in [0.1, 0.15) is 29.3 Å². The summed E-state index contributed by atoms with van der Waals surface area (Å²) in [5.41, 5.74) is 5.53. The molecule has 0 saturated carbocycles. The van der Waals surface area contributed by atoms with E-state index in [4.69, 9.17) is 19.0 Å². The molecule has 0 saturated heterocycles. The number of rotatable bonds is 7. The van der Waals surface area contributed by atoms with E-state index in [2.05, 4.69) is 10.1 Å². The van der Waals surface area contributed by atoms with Gasteiger partial charge < -0.3 is 9.47 Å². The van der Waals surface area contributed by atoms with Gasteiger partial charge in [0.25, 0.3) is 0 Å². The fourth-order valence-corrected chi connectivity index (χ4v) is 4.18. The van der Waals surface area contributed by atoms with Crippen molar-refractivity contribution in [1.29, 1.82) is 0 Å². The maximum atomic E-state index is 12.7. The number of hydrogen-bond donors (Lipinski definition) is 1. The van der Waals surface area contributed by atoms with Crippen LogP contribution in [0.25, 0.3) is 39.2 Å². The van der Waals surface area contributed by atoms with Gasteiger partial charge >= 0.3 is 17.7 Å². The van der Waals surface area contributed by atoms with E-state index in [0.29, 0.717) is 40.5 Å². The van der Waals surface area contributed by atoms with Crippen molar-refractivity contribution >= 4 is 17.0 Å². The number of fused-ring (bicyclic) bond motifs is 1. The highest BCUT2D eigenvalue weighted by Crippen LogP contribution is 2.36. The Bertz CT molecular complexity index is 1610. The maximum Gasteiger partial charge on any atom is 0.439 e. The molecule has 0 spiro atoms. The van der Waals surface area contributed by atoms with E-state index >= 15 is 0 Å². The Morgan fingerprint density at radius 3 is 2.58 bits per heavy atom. The lowest BCUT2D eigenvalue weighted by molar-refractivity contribution is 0.0602. The number of benzene rings is 3. The number of esters is 1. The third-order valence-electron chi connectivity index (χ3n) is 5.86. The molecule has 9 nitrogen and oxygen atoms in total. The van der Waals surface area contributed by atoms with E-state index in [9.17, 15) is 9.59 Å². The Morgan fingerprint density at radius 2 is 1.89 bits per heavy atom. The molecule has 0 unspecified atom stereocenters. The first-order chi connectivity index (χ1) is 17.5. The number of hydrogen-bond acceptors (Lipinski definition) is 7. The second-order valence-electron chi connectivity index (χ2n) is 8.24. The number of imidazole rings is 1. The number of carbonyl (C=O) groups is 1. The number of methoxy groups -OCH3 is 1. The van der Waals surface area contributed by atoms with Crippen molar-refractivity contribution in [3.63, 3.8) is 0 Å². The van der Waals surface area contributed by atoms with Gasteiger partial charge in [0.2, 0.25) is 0 Å². The second-order valence-corrected chi connectivity index (χ2v) is 8.24. The van der Waals surface area contributed by atoms with Crippen molar-refractivity contribution in [3.8, 4) is 34.2 Å². The lowest BCUT2D eigenvalue weighted by Crippen LogP contribution is -2.08. The highest BCUT2D eigenvalue weighted by molar-refractivity contribution is 6.04. The monoisotopic (exact) mass is 484 g/mol. The molecule has 2 heterocycles. The van der Waals surface area contributed by atoms with Crippen LogP contribution in [0.3, 0.4) is 0 Å². The van der Waals surface area contributed by atoms with E-state index < -0.39 is 11.7 Å². The SMILES string of the molecule is CCCOc1nc2c(C)ccc(C(=O)OC)c2n1-c1ccc(-c2ccccc2)c(-c2noc(=O)[nH]2)c1. The van der Waals surface area contributed by atoms with Gasteiger partial charge in [0.1, 0.15) is 0 Å². The molecule has 0 amide bonds. The molecule has 2 aromatic heterocycles. The van der Waals surface area contributed by atoms with Crippen LogP contribution >= 0.6 is 0 Å². The van der Waals surface area contributed by atoms with Crippen molar-refractivity contribution in [2.75, 3.05) is 13.7 Å². The number of nitrogens with zero attached hydrogens (tertiary/aromatic N) is 3. The zero-order valence-electron chi connectivity index (χ0n) is 20.1. The summed E-state index contributed by atoms with van der Waals surface area (Å²) in [5, 5.41) is 3.93. The summed E-state index contributed by atoms with van der Waals surface area (Å²) in [7, 11) is 1.34. The van der Waals surface area contributed by atoms with Gasteiger partial charge in [0.05, 0.1) is 36.0 Å². The first-order valence-corrected chi connectivity index (χ1v) is 11.5. The molecule has 0 radical (unpaired) electrons. The summed E-state index contributed by atoms with van der Waals surface area (Å²) < 4.78 is 17.7. The van der Waals surface area contributed by atoms with E-state index in [-0.39, 0.29) is 5.82 Å². The summed E-state index contributed by atoms with van der Waals surface area (Å²) >= 11 is 0. The molecular formula is C27H24N4O5. The predicted molar refractivity (Wildman–Crippen MR) is 134 cm³/mol. The van der Waals surface area contributed by atoms with Crippen molar-refractivity contribution in [1.82, 2.24) is 19.7 Å². The topological polar surface area (TPSA) is 112 Å². The van der Waals surface area contributed by atoms with Gasteiger partial charge in [0.15, 0.2) is 5.82 Å². The molecule has 1 N–H and O–H groups in total. The van der Waals surface area contributed by atoms with Crippen LogP contribution in [0.2, 0.25) is 0 Å². The minimum atomic E-state index is -0.655. The Labute approximate surface area is 206 Å². The zero-order chi connectivity index (χ0) is 25.2. The molecule has 0 aliphatic rings. The van der Waals surface area contributed by atoms with Crippen LogP contribution in [-0.2, 0) is 4.74 Å². The van der Waals surface area contributed by atoms with Crippen LogP contribution in [-0.4, -0.2) is 39.4 Å². The molecule has 5 aromatic rings. The average molecular weight is 485 g/mol. The second kappa shape index (κ2) is 9.53. The third kappa shape index (κ3) is 4.04. The van der Waals surface area contributed by atoms with Gasteiger partial charge in [-0.1, -0.05) is 54.5 Å². The van der Waals surface area contributed by atoms with Gasteiger partial charge in [-0.2, -0.15) is 4.98 Å². The van der Waals surface area contributed by atoms with Crippen LogP contribution in [0.15, 0.2) is 70.0 Å². The summed E-state index contributed by atoms with van der Waals surface area (Å²) in [6.45, 7) is 4.38. The lowest BCUT2D eigenvalue weighted by Gasteiger charge is -2.15. The predicted octanol–water partition coefficient (Wildman–Crippen LogP) is 4.92.